The first-order chi connectivity index (χ1) is 8.49. The summed E-state index contributed by atoms with van der Waals surface area (Å²) in [5, 5.41) is 0. The van der Waals surface area contributed by atoms with Crippen LogP contribution < -0.4 is 10.5 Å². The maximum atomic E-state index is 12.2. The number of carbonyl (C=O) groups is 1. The second-order valence-electron chi connectivity index (χ2n) is 4.38. The molecular formula is C13H19BrN2O2. The van der Waals surface area contributed by atoms with Gasteiger partial charge in [0.25, 0.3) is 5.91 Å². The topological polar surface area (TPSA) is 55.6 Å². The van der Waals surface area contributed by atoms with Gasteiger partial charge < -0.3 is 15.4 Å². The molecule has 1 aromatic carbocycles. The molecule has 2 N–H and O–H groups in total. The molecule has 1 atom stereocenters. The number of ether oxygens (including phenoxy) is 1. The van der Waals surface area contributed by atoms with Gasteiger partial charge in [-0.25, -0.2) is 0 Å². The summed E-state index contributed by atoms with van der Waals surface area (Å²) < 4.78 is 5.91. The van der Waals surface area contributed by atoms with E-state index in [1.54, 1.807) is 37.3 Å². The Morgan fingerprint density at radius 2 is 2.22 bits per heavy atom. The Bertz CT molecular complexity index is 423. The van der Waals surface area contributed by atoms with Gasteiger partial charge in [-0.1, -0.05) is 6.92 Å². The van der Waals surface area contributed by atoms with Gasteiger partial charge >= 0.3 is 0 Å². The zero-order valence-corrected chi connectivity index (χ0v) is 12.5. The van der Waals surface area contributed by atoms with Crippen LogP contribution in [-0.2, 0) is 0 Å². The highest BCUT2D eigenvalue weighted by Gasteiger charge is 2.15. The predicted molar refractivity (Wildman–Crippen MR) is 75.9 cm³/mol. The van der Waals surface area contributed by atoms with Crippen LogP contribution in [-0.4, -0.2) is 38.1 Å². The average molecular weight is 315 g/mol. The number of halogens is 1. The molecule has 1 rings (SSSR count). The van der Waals surface area contributed by atoms with E-state index in [0.29, 0.717) is 30.3 Å². The summed E-state index contributed by atoms with van der Waals surface area (Å²) >= 11 is 3.37. The summed E-state index contributed by atoms with van der Waals surface area (Å²) in [4.78, 5) is 13.9. The van der Waals surface area contributed by atoms with Gasteiger partial charge in [-0.15, -0.1) is 0 Å². The van der Waals surface area contributed by atoms with Crippen LogP contribution in [0.2, 0.25) is 0 Å². The third-order valence-corrected chi connectivity index (χ3v) is 3.35. The lowest BCUT2D eigenvalue weighted by Crippen LogP contribution is -2.33. The van der Waals surface area contributed by atoms with Gasteiger partial charge in [0, 0.05) is 19.2 Å². The second-order valence-corrected chi connectivity index (χ2v) is 5.23. The summed E-state index contributed by atoms with van der Waals surface area (Å²) in [7, 11) is 3.38. The lowest BCUT2D eigenvalue weighted by Gasteiger charge is -2.21. The van der Waals surface area contributed by atoms with E-state index in [1.807, 2.05) is 6.92 Å². The van der Waals surface area contributed by atoms with Gasteiger partial charge in [0.15, 0.2) is 0 Å². The van der Waals surface area contributed by atoms with Crippen molar-refractivity contribution in [2.45, 2.75) is 6.92 Å². The third kappa shape index (κ3) is 3.71. The molecule has 1 aromatic rings. The lowest BCUT2D eigenvalue weighted by molar-refractivity contribution is 0.0777. The molecule has 18 heavy (non-hydrogen) atoms. The van der Waals surface area contributed by atoms with E-state index in [2.05, 4.69) is 15.9 Å². The number of carbonyl (C=O) groups excluding carboxylic acids is 1. The molecule has 0 spiro atoms. The zero-order valence-electron chi connectivity index (χ0n) is 10.9. The van der Waals surface area contributed by atoms with Crippen LogP contribution in [0.5, 0.6) is 5.75 Å². The first-order valence-electron chi connectivity index (χ1n) is 5.78. The van der Waals surface area contributed by atoms with Crippen LogP contribution in [0.3, 0.4) is 0 Å². The standard InChI is InChI=1S/C13H19BrN2O2/c1-9(7-15)8-16(2)13(17)10-4-5-12(18-3)11(14)6-10/h4-6,9H,7-8,15H2,1-3H3. The fourth-order valence-electron chi connectivity index (χ4n) is 1.64. The Kier molecular flexibility index (Phi) is 5.62. The highest BCUT2D eigenvalue weighted by Crippen LogP contribution is 2.25. The molecule has 0 saturated carbocycles. The number of amides is 1. The van der Waals surface area contributed by atoms with Crippen molar-refractivity contribution in [3.63, 3.8) is 0 Å². The highest BCUT2D eigenvalue weighted by molar-refractivity contribution is 9.10. The van der Waals surface area contributed by atoms with Crippen molar-refractivity contribution in [2.24, 2.45) is 11.7 Å². The molecule has 1 amide bonds. The molecule has 0 heterocycles. The first-order valence-corrected chi connectivity index (χ1v) is 6.58. The average Bonchev–Trinajstić information content (AvgIpc) is 2.37. The Hall–Kier alpha value is -1.07. The summed E-state index contributed by atoms with van der Waals surface area (Å²) in [5.74, 6) is 0.990. The van der Waals surface area contributed by atoms with Gasteiger partial charge in [0.05, 0.1) is 11.6 Å². The molecule has 100 valence electrons. The van der Waals surface area contributed by atoms with Crippen molar-refractivity contribution in [3.8, 4) is 5.75 Å². The summed E-state index contributed by atoms with van der Waals surface area (Å²) in [6.07, 6.45) is 0. The minimum absolute atomic E-state index is 0.0151. The van der Waals surface area contributed by atoms with Gasteiger partial charge in [-0.2, -0.15) is 0 Å². The van der Waals surface area contributed by atoms with Crippen LogP contribution in [0.15, 0.2) is 22.7 Å². The van der Waals surface area contributed by atoms with E-state index in [0.717, 1.165) is 4.47 Å². The van der Waals surface area contributed by atoms with Crippen molar-refractivity contribution in [2.75, 3.05) is 27.2 Å². The van der Waals surface area contributed by atoms with E-state index in [-0.39, 0.29) is 5.91 Å². The third-order valence-electron chi connectivity index (χ3n) is 2.73. The smallest absolute Gasteiger partial charge is 0.253 e. The van der Waals surface area contributed by atoms with Crippen molar-refractivity contribution >= 4 is 21.8 Å². The summed E-state index contributed by atoms with van der Waals surface area (Å²) in [5.41, 5.74) is 6.19. The number of hydrogen-bond acceptors (Lipinski definition) is 3. The van der Waals surface area contributed by atoms with Crippen LogP contribution >= 0.6 is 15.9 Å². The van der Waals surface area contributed by atoms with E-state index in [1.165, 1.54) is 0 Å². The molecule has 0 bridgehead atoms. The Labute approximate surface area is 116 Å². The van der Waals surface area contributed by atoms with E-state index in [4.69, 9.17) is 10.5 Å². The van der Waals surface area contributed by atoms with Crippen molar-refractivity contribution in [1.29, 1.82) is 0 Å². The zero-order chi connectivity index (χ0) is 13.7. The molecule has 0 radical (unpaired) electrons. The number of nitrogens with two attached hydrogens (primary N) is 1. The summed E-state index contributed by atoms with van der Waals surface area (Å²) in [6, 6.07) is 5.30. The van der Waals surface area contributed by atoms with Gasteiger partial charge in [-0.05, 0) is 46.6 Å². The van der Waals surface area contributed by atoms with Crippen molar-refractivity contribution < 1.29 is 9.53 Å². The maximum absolute atomic E-state index is 12.2. The van der Waals surface area contributed by atoms with E-state index in [9.17, 15) is 4.79 Å². The Balaban J connectivity index is 2.80. The largest absolute Gasteiger partial charge is 0.496 e. The maximum Gasteiger partial charge on any atom is 0.253 e. The highest BCUT2D eigenvalue weighted by atomic mass is 79.9. The fourth-order valence-corrected chi connectivity index (χ4v) is 2.19. The number of nitrogens with zero attached hydrogens (tertiary/aromatic N) is 1. The van der Waals surface area contributed by atoms with Crippen molar-refractivity contribution in [3.05, 3.63) is 28.2 Å². The van der Waals surface area contributed by atoms with Gasteiger partial charge in [-0.3, -0.25) is 4.79 Å². The number of rotatable bonds is 5. The predicted octanol–water partition coefficient (Wildman–Crippen LogP) is 2.12. The lowest BCUT2D eigenvalue weighted by atomic mass is 10.1. The quantitative estimate of drug-likeness (QED) is 0.905. The van der Waals surface area contributed by atoms with Crippen LogP contribution in [0, 0.1) is 5.92 Å². The summed E-state index contributed by atoms with van der Waals surface area (Å²) in [6.45, 7) is 3.25. The van der Waals surface area contributed by atoms with Crippen LogP contribution in [0.4, 0.5) is 0 Å². The van der Waals surface area contributed by atoms with Crippen LogP contribution in [0.25, 0.3) is 0 Å². The Morgan fingerprint density at radius 1 is 1.56 bits per heavy atom. The molecule has 0 aromatic heterocycles. The molecule has 0 aliphatic heterocycles. The van der Waals surface area contributed by atoms with E-state index >= 15 is 0 Å². The molecule has 4 nitrogen and oxygen atoms in total. The van der Waals surface area contributed by atoms with Crippen LogP contribution in [0.1, 0.15) is 17.3 Å². The fraction of sp³-hybridized carbons (Fsp3) is 0.462. The minimum atomic E-state index is -0.0151. The van der Waals surface area contributed by atoms with E-state index < -0.39 is 0 Å². The SMILES string of the molecule is COc1ccc(C(=O)N(C)CC(C)CN)cc1Br. The van der Waals surface area contributed by atoms with Crippen molar-refractivity contribution in [1.82, 2.24) is 4.90 Å². The molecule has 0 aliphatic carbocycles. The molecular weight excluding hydrogens is 296 g/mol. The Morgan fingerprint density at radius 3 is 2.72 bits per heavy atom. The van der Waals surface area contributed by atoms with Gasteiger partial charge in [0.2, 0.25) is 0 Å². The minimum Gasteiger partial charge on any atom is -0.496 e. The molecule has 0 saturated heterocycles. The number of methoxy groups -OCH3 is 1. The number of benzene rings is 1. The number of hydrogen-bond donors (Lipinski definition) is 1. The molecule has 5 heteroatoms. The first kappa shape index (κ1) is 15.0. The molecule has 1 unspecified atom stereocenters. The van der Waals surface area contributed by atoms with Gasteiger partial charge in [0.1, 0.15) is 5.75 Å². The normalized spacial score (nSPS) is 12.1. The monoisotopic (exact) mass is 314 g/mol. The molecule has 0 aliphatic rings. The molecule has 0 fully saturated rings. The second kappa shape index (κ2) is 6.75.